The van der Waals surface area contributed by atoms with Crippen LogP contribution in [0.15, 0.2) is 0 Å². The standard InChI is InChI=1S/C7H16O3P.Na/c1-2-3-4-5-6-7-10-11(8)9;/h8H,2-7H2,1H3;/q-1;+1. The topological polar surface area (TPSA) is 52.5 Å². The van der Waals surface area contributed by atoms with Crippen molar-refractivity contribution in [3.63, 3.8) is 0 Å². The Morgan fingerprint density at radius 2 is 1.83 bits per heavy atom. The summed E-state index contributed by atoms with van der Waals surface area (Å²) in [5, 5.41) is 0. The molecule has 0 amide bonds. The molecular formula is C7H16NaO3P. The van der Waals surface area contributed by atoms with Crippen LogP contribution < -0.4 is 34.5 Å². The minimum absolute atomic E-state index is 0. The third-order valence-corrected chi connectivity index (χ3v) is 1.85. The molecule has 0 radical (unpaired) electrons. The van der Waals surface area contributed by atoms with Crippen molar-refractivity contribution in [2.24, 2.45) is 0 Å². The van der Waals surface area contributed by atoms with Crippen molar-refractivity contribution in [3.8, 4) is 0 Å². The normalized spacial score (nSPS) is 12.2. The largest absolute Gasteiger partial charge is 1.00 e. The Morgan fingerprint density at radius 1 is 1.25 bits per heavy atom. The van der Waals surface area contributed by atoms with Gasteiger partial charge in [-0.15, -0.1) is 0 Å². The number of hydrogen-bond donors (Lipinski definition) is 1. The zero-order valence-corrected chi connectivity index (χ0v) is 10.8. The third kappa shape index (κ3) is 13.9. The molecule has 0 heterocycles. The molecule has 0 spiro atoms. The number of rotatable bonds is 7. The Labute approximate surface area is 97.8 Å². The van der Waals surface area contributed by atoms with Gasteiger partial charge in [0.15, 0.2) is 0 Å². The van der Waals surface area contributed by atoms with Crippen molar-refractivity contribution in [3.05, 3.63) is 0 Å². The van der Waals surface area contributed by atoms with E-state index in [4.69, 9.17) is 4.89 Å². The van der Waals surface area contributed by atoms with E-state index in [0.29, 0.717) is 6.61 Å². The molecule has 68 valence electrons. The fraction of sp³-hybridized carbons (Fsp3) is 1.00. The van der Waals surface area contributed by atoms with E-state index in [9.17, 15) is 4.89 Å². The van der Waals surface area contributed by atoms with Crippen molar-refractivity contribution in [1.29, 1.82) is 0 Å². The molecule has 0 rings (SSSR count). The zero-order chi connectivity index (χ0) is 8.53. The van der Waals surface area contributed by atoms with Gasteiger partial charge in [0.25, 0.3) is 0 Å². The van der Waals surface area contributed by atoms with Crippen LogP contribution >= 0.6 is 8.60 Å². The first kappa shape index (κ1) is 15.8. The van der Waals surface area contributed by atoms with Crippen molar-refractivity contribution < 1.29 is 43.9 Å². The third-order valence-electron chi connectivity index (χ3n) is 1.45. The van der Waals surface area contributed by atoms with Gasteiger partial charge in [0, 0.05) is 0 Å². The second-order valence-corrected chi connectivity index (χ2v) is 3.22. The second-order valence-electron chi connectivity index (χ2n) is 2.49. The summed E-state index contributed by atoms with van der Waals surface area (Å²) >= 11 is 0. The van der Waals surface area contributed by atoms with Gasteiger partial charge >= 0.3 is 29.6 Å². The van der Waals surface area contributed by atoms with Crippen LogP contribution in [-0.4, -0.2) is 11.5 Å². The van der Waals surface area contributed by atoms with Gasteiger partial charge in [0.05, 0.1) is 15.2 Å². The maximum absolute atomic E-state index is 10.0. The quantitative estimate of drug-likeness (QED) is 0.312. The molecule has 0 aliphatic carbocycles. The smallest absolute Gasteiger partial charge is 0.786 e. The van der Waals surface area contributed by atoms with Gasteiger partial charge in [0.2, 0.25) is 0 Å². The van der Waals surface area contributed by atoms with Crippen molar-refractivity contribution in [2.75, 3.05) is 6.61 Å². The molecule has 1 atom stereocenters. The van der Waals surface area contributed by atoms with Crippen molar-refractivity contribution in [2.45, 2.75) is 39.0 Å². The van der Waals surface area contributed by atoms with E-state index in [1.165, 1.54) is 19.3 Å². The van der Waals surface area contributed by atoms with Gasteiger partial charge in [-0.05, 0) is 6.42 Å². The van der Waals surface area contributed by atoms with E-state index < -0.39 is 8.60 Å². The van der Waals surface area contributed by atoms with Crippen LogP contribution in [-0.2, 0) is 4.52 Å². The maximum Gasteiger partial charge on any atom is 1.00 e. The van der Waals surface area contributed by atoms with Gasteiger partial charge in [0.1, 0.15) is 0 Å². The van der Waals surface area contributed by atoms with E-state index in [1.807, 2.05) is 0 Å². The van der Waals surface area contributed by atoms with Crippen molar-refractivity contribution >= 4 is 8.60 Å². The Kier molecular flexibility index (Phi) is 16.2. The first-order valence-corrected chi connectivity index (χ1v) is 5.19. The van der Waals surface area contributed by atoms with Gasteiger partial charge < -0.3 is 14.3 Å². The van der Waals surface area contributed by atoms with Crippen LogP contribution in [0.4, 0.5) is 0 Å². The number of unbranched alkanes of at least 4 members (excludes halogenated alkanes) is 4. The van der Waals surface area contributed by atoms with E-state index in [2.05, 4.69) is 11.4 Å². The molecular weight excluding hydrogens is 186 g/mol. The van der Waals surface area contributed by atoms with E-state index in [0.717, 1.165) is 12.8 Å². The van der Waals surface area contributed by atoms with Crippen LogP contribution in [0.1, 0.15) is 39.0 Å². The maximum atomic E-state index is 10.0. The molecule has 0 saturated carbocycles. The van der Waals surface area contributed by atoms with Gasteiger partial charge in [-0.3, -0.25) is 0 Å². The summed E-state index contributed by atoms with van der Waals surface area (Å²) < 4.78 is 4.49. The molecule has 0 aliphatic rings. The van der Waals surface area contributed by atoms with Gasteiger partial charge in [-0.2, -0.15) is 0 Å². The fourth-order valence-electron chi connectivity index (χ4n) is 0.848. The van der Waals surface area contributed by atoms with E-state index in [1.54, 1.807) is 0 Å². The first-order valence-electron chi connectivity index (χ1n) is 4.06. The minimum atomic E-state index is -2.37. The van der Waals surface area contributed by atoms with Crippen LogP contribution in [0.3, 0.4) is 0 Å². The molecule has 0 aromatic carbocycles. The molecule has 12 heavy (non-hydrogen) atoms. The Bertz CT molecular complexity index is 83.1. The fourth-order valence-corrected chi connectivity index (χ4v) is 1.13. The van der Waals surface area contributed by atoms with Gasteiger partial charge in [-0.1, -0.05) is 32.6 Å². The van der Waals surface area contributed by atoms with Crippen LogP contribution in [0.25, 0.3) is 0 Å². The zero-order valence-electron chi connectivity index (χ0n) is 7.95. The molecule has 0 saturated heterocycles. The molecule has 0 bridgehead atoms. The molecule has 0 aromatic heterocycles. The predicted octanol–water partition coefficient (Wildman–Crippen LogP) is -1.44. The second kappa shape index (κ2) is 12.3. The monoisotopic (exact) mass is 202 g/mol. The summed E-state index contributed by atoms with van der Waals surface area (Å²) in [7, 11) is -2.37. The molecule has 1 N–H and O–H groups in total. The van der Waals surface area contributed by atoms with Crippen molar-refractivity contribution in [1.82, 2.24) is 0 Å². The summed E-state index contributed by atoms with van der Waals surface area (Å²) in [5.74, 6) is 0. The van der Waals surface area contributed by atoms with Gasteiger partial charge in [-0.25, -0.2) is 0 Å². The molecule has 1 unspecified atom stereocenters. The molecule has 0 aromatic rings. The Hall–Kier alpha value is 1.31. The Morgan fingerprint density at radius 3 is 2.33 bits per heavy atom. The molecule has 0 fully saturated rings. The van der Waals surface area contributed by atoms with E-state index >= 15 is 0 Å². The Balaban J connectivity index is 0. The predicted molar refractivity (Wildman–Crippen MR) is 43.8 cm³/mol. The number of hydrogen-bond acceptors (Lipinski definition) is 3. The average molecular weight is 202 g/mol. The summed E-state index contributed by atoms with van der Waals surface area (Å²) in [6, 6.07) is 0. The SMILES string of the molecule is CCCCCCCOP([O-])O.[Na+]. The summed E-state index contributed by atoms with van der Waals surface area (Å²) in [6.07, 6.45) is 5.64. The van der Waals surface area contributed by atoms with Crippen LogP contribution in [0.2, 0.25) is 0 Å². The summed E-state index contributed by atoms with van der Waals surface area (Å²) in [5.41, 5.74) is 0. The first-order chi connectivity index (χ1) is 5.27. The molecule has 0 aliphatic heterocycles. The summed E-state index contributed by atoms with van der Waals surface area (Å²) in [6.45, 7) is 2.57. The van der Waals surface area contributed by atoms with Crippen LogP contribution in [0.5, 0.6) is 0 Å². The van der Waals surface area contributed by atoms with Crippen LogP contribution in [0, 0.1) is 0 Å². The molecule has 5 heteroatoms. The minimum Gasteiger partial charge on any atom is -0.786 e. The average Bonchev–Trinajstić information content (AvgIpc) is 1.96. The summed E-state index contributed by atoms with van der Waals surface area (Å²) in [4.78, 5) is 18.3. The molecule has 3 nitrogen and oxygen atoms in total. The van der Waals surface area contributed by atoms with E-state index in [-0.39, 0.29) is 29.6 Å².